The minimum Gasteiger partial charge on any atom is -0.309 e. The molecule has 4 heteroatoms. The lowest BCUT2D eigenvalue weighted by molar-refractivity contribution is 1.13. The molecule has 0 aliphatic rings. The SMILES string of the molecule is [C-]#[N+]c1ccc(-c2cc(-n3c4ccccc4c4ccccc43)cc(-n3c4ccccc4c4cc(-c5ccc6c(c5)c5ccccc5n6-c5ccccc5)ccc43)c2)cc1. The molecule has 274 valence electrons. The van der Waals surface area contributed by atoms with Gasteiger partial charge in [-0.25, -0.2) is 4.85 Å². The Balaban J connectivity index is 1.08. The Bertz CT molecular complexity index is 3610. The van der Waals surface area contributed by atoms with E-state index in [1.165, 1.54) is 54.5 Å². The second kappa shape index (κ2) is 13.0. The maximum atomic E-state index is 7.57. The molecule has 0 spiro atoms. The van der Waals surface area contributed by atoms with Crippen LogP contribution in [-0.4, -0.2) is 13.7 Å². The maximum absolute atomic E-state index is 7.57. The van der Waals surface area contributed by atoms with E-state index in [-0.39, 0.29) is 0 Å². The average Bonchev–Trinajstić information content (AvgIpc) is 3.94. The fraction of sp³-hybridized carbons (Fsp3) is 0. The van der Waals surface area contributed by atoms with E-state index in [0.29, 0.717) is 5.69 Å². The zero-order valence-corrected chi connectivity index (χ0v) is 31.9. The van der Waals surface area contributed by atoms with Crippen LogP contribution in [0.25, 0.3) is 110 Å². The lowest BCUT2D eigenvalue weighted by Gasteiger charge is -2.16. The summed E-state index contributed by atoms with van der Waals surface area (Å²) >= 11 is 0. The van der Waals surface area contributed by atoms with E-state index in [9.17, 15) is 0 Å². The fourth-order valence-electron chi connectivity index (χ4n) is 9.39. The van der Waals surface area contributed by atoms with Gasteiger partial charge in [-0.15, -0.1) is 0 Å². The number of para-hydroxylation sites is 5. The molecule has 59 heavy (non-hydrogen) atoms. The van der Waals surface area contributed by atoms with Crippen LogP contribution in [0.15, 0.2) is 206 Å². The average molecular weight is 751 g/mol. The summed E-state index contributed by atoms with van der Waals surface area (Å²) in [6.45, 7) is 7.57. The van der Waals surface area contributed by atoms with Gasteiger partial charge in [-0.2, -0.15) is 0 Å². The van der Waals surface area contributed by atoms with Crippen molar-refractivity contribution in [3.05, 3.63) is 218 Å². The number of hydrogen-bond acceptors (Lipinski definition) is 0. The highest BCUT2D eigenvalue weighted by Gasteiger charge is 2.19. The van der Waals surface area contributed by atoms with Crippen LogP contribution in [0.2, 0.25) is 0 Å². The molecule has 0 radical (unpaired) electrons. The van der Waals surface area contributed by atoms with Crippen LogP contribution in [0.3, 0.4) is 0 Å². The number of benzene rings is 9. The first kappa shape index (κ1) is 33.1. The van der Waals surface area contributed by atoms with Crippen molar-refractivity contribution in [3.63, 3.8) is 0 Å². The molecule has 0 aliphatic carbocycles. The molecule has 4 nitrogen and oxygen atoms in total. The summed E-state index contributed by atoms with van der Waals surface area (Å²) in [5.74, 6) is 0. The van der Waals surface area contributed by atoms with Crippen LogP contribution in [0.4, 0.5) is 5.69 Å². The van der Waals surface area contributed by atoms with Gasteiger partial charge in [0.15, 0.2) is 5.69 Å². The summed E-state index contributed by atoms with van der Waals surface area (Å²) in [5, 5.41) is 7.34. The maximum Gasteiger partial charge on any atom is 0.187 e. The standard InChI is InChI=1S/C55H34N4/c1-56-40-27-23-36(24-28-40)39-31-42(58-50-19-9-5-15-44(50)45-16-6-10-20-51(45)58)35-43(32-39)59-53-22-12-8-18-47(53)49-34-38(26-30-55(49)59)37-25-29-54-48(33-37)46-17-7-11-21-52(46)57(54)41-13-3-2-4-14-41/h2-35H. The van der Waals surface area contributed by atoms with E-state index in [1.807, 2.05) is 12.1 Å². The molecule has 0 saturated carbocycles. The second-order valence-electron chi connectivity index (χ2n) is 15.3. The lowest BCUT2D eigenvalue weighted by Crippen LogP contribution is -2.00. The van der Waals surface area contributed by atoms with Gasteiger partial charge in [0, 0.05) is 49.4 Å². The molecule has 0 fully saturated rings. The number of hydrogen-bond donors (Lipinski definition) is 0. The van der Waals surface area contributed by atoms with Crippen molar-refractivity contribution in [1.82, 2.24) is 13.7 Å². The van der Waals surface area contributed by atoms with Crippen LogP contribution < -0.4 is 0 Å². The predicted octanol–water partition coefficient (Wildman–Crippen LogP) is 14.9. The number of nitrogens with zero attached hydrogens (tertiary/aromatic N) is 4. The first-order chi connectivity index (χ1) is 29.2. The summed E-state index contributed by atoms with van der Waals surface area (Å²) in [6, 6.07) is 74.1. The third-order valence-corrected chi connectivity index (χ3v) is 12.0. The Kier molecular flexibility index (Phi) is 7.26. The third kappa shape index (κ3) is 5.09. The Labute approximate surface area is 340 Å². The van der Waals surface area contributed by atoms with E-state index in [0.717, 1.165) is 50.3 Å². The van der Waals surface area contributed by atoms with Crippen LogP contribution in [0.5, 0.6) is 0 Å². The molecular formula is C55H34N4. The number of rotatable bonds is 5. The lowest BCUT2D eigenvalue weighted by atomic mass is 10.0. The zero-order chi connectivity index (χ0) is 39.0. The Hall–Kier alpha value is -8.13. The highest BCUT2D eigenvalue weighted by molar-refractivity contribution is 6.13. The molecule has 12 aromatic rings. The van der Waals surface area contributed by atoms with Gasteiger partial charge in [0.25, 0.3) is 0 Å². The minimum atomic E-state index is 0.631. The van der Waals surface area contributed by atoms with Gasteiger partial charge in [-0.3, -0.25) is 0 Å². The van der Waals surface area contributed by atoms with Crippen LogP contribution in [0, 0.1) is 6.57 Å². The van der Waals surface area contributed by atoms with E-state index in [4.69, 9.17) is 6.57 Å². The molecule has 0 amide bonds. The summed E-state index contributed by atoms with van der Waals surface area (Å²) in [7, 11) is 0. The predicted molar refractivity (Wildman–Crippen MR) is 247 cm³/mol. The normalized spacial score (nSPS) is 11.7. The van der Waals surface area contributed by atoms with E-state index < -0.39 is 0 Å². The molecule has 12 rings (SSSR count). The monoisotopic (exact) mass is 750 g/mol. The molecule has 3 aromatic heterocycles. The molecule has 9 aromatic carbocycles. The van der Waals surface area contributed by atoms with E-state index in [1.54, 1.807) is 0 Å². The van der Waals surface area contributed by atoms with Crippen molar-refractivity contribution >= 4 is 71.1 Å². The number of aromatic nitrogens is 3. The van der Waals surface area contributed by atoms with Gasteiger partial charge in [-0.1, -0.05) is 127 Å². The highest BCUT2D eigenvalue weighted by atomic mass is 15.0. The summed E-state index contributed by atoms with van der Waals surface area (Å²) < 4.78 is 7.17. The van der Waals surface area contributed by atoms with Crippen LogP contribution in [-0.2, 0) is 0 Å². The summed E-state index contributed by atoms with van der Waals surface area (Å²) in [6.07, 6.45) is 0. The van der Waals surface area contributed by atoms with Crippen LogP contribution in [0.1, 0.15) is 0 Å². The van der Waals surface area contributed by atoms with Gasteiger partial charge < -0.3 is 13.7 Å². The number of fused-ring (bicyclic) bond motifs is 9. The quantitative estimate of drug-likeness (QED) is 0.156. The van der Waals surface area contributed by atoms with Gasteiger partial charge >= 0.3 is 0 Å². The third-order valence-electron chi connectivity index (χ3n) is 12.0. The van der Waals surface area contributed by atoms with Crippen molar-refractivity contribution in [2.45, 2.75) is 0 Å². The van der Waals surface area contributed by atoms with Crippen molar-refractivity contribution in [2.24, 2.45) is 0 Å². The van der Waals surface area contributed by atoms with Crippen LogP contribution >= 0.6 is 0 Å². The first-order valence-electron chi connectivity index (χ1n) is 20.0. The molecule has 0 unspecified atom stereocenters. The zero-order valence-electron chi connectivity index (χ0n) is 31.9. The van der Waals surface area contributed by atoms with E-state index in [2.05, 4.69) is 213 Å². The highest BCUT2D eigenvalue weighted by Crippen LogP contribution is 2.40. The summed E-state index contributed by atoms with van der Waals surface area (Å²) in [4.78, 5) is 3.67. The molecule has 0 atom stereocenters. The van der Waals surface area contributed by atoms with E-state index >= 15 is 0 Å². The molecule has 0 N–H and O–H groups in total. The second-order valence-corrected chi connectivity index (χ2v) is 15.3. The Morgan fingerprint density at radius 3 is 1.10 bits per heavy atom. The van der Waals surface area contributed by atoms with Crippen molar-refractivity contribution in [1.29, 1.82) is 0 Å². The van der Waals surface area contributed by atoms with Gasteiger partial charge in [-0.05, 0) is 101 Å². The minimum absolute atomic E-state index is 0.631. The van der Waals surface area contributed by atoms with Gasteiger partial charge in [0.1, 0.15) is 0 Å². The molecule has 0 aliphatic heterocycles. The topological polar surface area (TPSA) is 19.1 Å². The molecule has 0 bridgehead atoms. The molecule has 0 saturated heterocycles. The Morgan fingerprint density at radius 2 is 0.644 bits per heavy atom. The molecule has 3 heterocycles. The molecular weight excluding hydrogens is 717 g/mol. The van der Waals surface area contributed by atoms with Gasteiger partial charge in [0.2, 0.25) is 0 Å². The van der Waals surface area contributed by atoms with Crippen molar-refractivity contribution in [2.75, 3.05) is 0 Å². The largest absolute Gasteiger partial charge is 0.309 e. The smallest absolute Gasteiger partial charge is 0.187 e. The first-order valence-corrected chi connectivity index (χ1v) is 20.0. The summed E-state index contributed by atoms with van der Waals surface area (Å²) in [5.41, 5.74) is 15.5. The van der Waals surface area contributed by atoms with Gasteiger partial charge in [0.05, 0.1) is 39.7 Å². The van der Waals surface area contributed by atoms with Crippen molar-refractivity contribution < 1.29 is 0 Å². The fourth-order valence-corrected chi connectivity index (χ4v) is 9.39. The van der Waals surface area contributed by atoms with Crippen molar-refractivity contribution in [3.8, 4) is 39.3 Å². The Morgan fingerprint density at radius 1 is 0.271 bits per heavy atom.